The van der Waals surface area contributed by atoms with E-state index >= 15 is 0 Å². The van der Waals surface area contributed by atoms with Gasteiger partial charge in [0.25, 0.3) is 0 Å². The standard InChI is InChI=1S/C13H18ClFN2O2S/c1-13(4-3-5-13)17-20(18,19)10-6-9(8-16-2)12(14)11(15)7-10/h6-7,16-17H,3-5,8H2,1-2H3. The smallest absolute Gasteiger partial charge is 0.241 e. The van der Waals surface area contributed by atoms with Gasteiger partial charge >= 0.3 is 0 Å². The fourth-order valence-corrected chi connectivity index (χ4v) is 3.99. The number of halogens is 2. The lowest BCUT2D eigenvalue weighted by molar-refractivity contribution is 0.248. The Bertz CT molecular complexity index is 615. The predicted octanol–water partition coefficient (Wildman–Crippen LogP) is 2.42. The second-order valence-electron chi connectivity index (χ2n) is 5.43. The van der Waals surface area contributed by atoms with Crippen LogP contribution >= 0.6 is 11.6 Å². The fourth-order valence-electron chi connectivity index (χ4n) is 2.29. The summed E-state index contributed by atoms with van der Waals surface area (Å²) in [4.78, 5) is -0.0854. The summed E-state index contributed by atoms with van der Waals surface area (Å²) in [7, 11) is -2.05. The zero-order valence-corrected chi connectivity index (χ0v) is 13.0. The van der Waals surface area contributed by atoms with Gasteiger partial charge < -0.3 is 5.32 Å². The number of nitrogens with one attached hydrogen (secondary N) is 2. The Morgan fingerprint density at radius 1 is 1.40 bits per heavy atom. The summed E-state index contributed by atoms with van der Waals surface area (Å²) in [6, 6.07) is 2.37. The molecule has 4 nitrogen and oxygen atoms in total. The van der Waals surface area contributed by atoms with E-state index in [0.717, 1.165) is 25.3 Å². The van der Waals surface area contributed by atoms with E-state index in [1.54, 1.807) is 7.05 Å². The Hall–Kier alpha value is -0.690. The van der Waals surface area contributed by atoms with Crippen molar-refractivity contribution in [3.63, 3.8) is 0 Å². The first kappa shape index (κ1) is 15.7. The zero-order valence-electron chi connectivity index (χ0n) is 11.5. The summed E-state index contributed by atoms with van der Waals surface area (Å²) in [6.07, 6.45) is 2.59. The number of benzene rings is 1. The lowest BCUT2D eigenvalue weighted by Gasteiger charge is -2.38. The van der Waals surface area contributed by atoms with Crippen molar-refractivity contribution in [2.24, 2.45) is 0 Å². The van der Waals surface area contributed by atoms with Crippen LogP contribution in [-0.4, -0.2) is 21.0 Å². The maximum absolute atomic E-state index is 13.8. The van der Waals surface area contributed by atoms with Crippen molar-refractivity contribution < 1.29 is 12.8 Å². The quantitative estimate of drug-likeness (QED) is 0.876. The Morgan fingerprint density at radius 2 is 2.05 bits per heavy atom. The molecule has 0 unspecified atom stereocenters. The van der Waals surface area contributed by atoms with Crippen LogP contribution in [0.25, 0.3) is 0 Å². The Labute approximate surface area is 123 Å². The predicted molar refractivity (Wildman–Crippen MR) is 76.8 cm³/mol. The third-order valence-corrected chi connectivity index (χ3v) is 5.63. The van der Waals surface area contributed by atoms with E-state index in [2.05, 4.69) is 10.0 Å². The summed E-state index contributed by atoms with van der Waals surface area (Å²) >= 11 is 5.84. The van der Waals surface area contributed by atoms with Gasteiger partial charge in [-0.05, 0) is 50.9 Å². The molecule has 1 saturated carbocycles. The largest absolute Gasteiger partial charge is 0.316 e. The molecule has 0 atom stereocenters. The molecular formula is C13H18ClFN2O2S. The Kier molecular flexibility index (Phi) is 4.39. The molecule has 0 heterocycles. The molecule has 20 heavy (non-hydrogen) atoms. The lowest BCUT2D eigenvalue weighted by Crippen LogP contribution is -2.50. The van der Waals surface area contributed by atoms with E-state index in [1.165, 1.54) is 6.07 Å². The summed E-state index contributed by atoms with van der Waals surface area (Å²) in [5.74, 6) is -0.724. The normalized spacial score (nSPS) is 17.8. The number of hydrogen-bond donors (Lipinski definition) is 2. The molecule has 1 aromatic rings. The first-order valence-corrected chi connectivity index (χ1v) is 8.30. The molecule has 0 spiro atoms. The van der Waals surface area contributed by atoms with Gasteiger partial charge in [-0.25, -0.2) is 17.5 Å². The van der Waals surface area contributed by atoms with Crippen molar-refractivity contribution in [2.45, 2.75) is 43.2 Å². The molecule has 112 valence electrons. The van der Waals surface area contributed by atoms with Crippen LogP contribution in [-0.2, 0) is 16.6 Å². The molecule has 0 saturated heterocycles. The van der Waals surface area contributed by atoms with Gasteiger partial charge in [-0.3, -0.25) is 0 Å². The van der Waals surface area contributed by atoms with Crippen molar-refractivity contribution in [1.82, 2.24) is 10.0 Å². The van der Waals surface area contributed by atoms with E-state index in [1.807, 2.05) is 6.92 Å². The van der Waals surface area contributed by atoms with Gasteiger partial charge in [0.05, 0.1) is 9.92 Å². The second kappa shape index (κ2) is 5.60. The molecule has 0 aliphatic heterocycles. The van der Waals surface area contributed by atoms with Crippen molar-refractivity contribution in [3.05, 3.63) is 28.5 Å². The topological polar surface area (TPSA) is 58.2 Å². The van der Waals surface area contributed by atoms with E-state index in [4.69, 9.17) is 11.6 Å². The van der Waals surface area contributed by atoms with Crippen LogP contribution in [0.4, 0.5) is 4.39 Å². The first-order valence-electron chi connectivity index (χ1n) is 6.44. The van der Waals surface area contributed by atoms with Crippen LogP contribution in [0.5, 0.6) is 0 Å². The van der Waals surface area contributed by atoms with E-state index in [-0.39, 0.29) is 9.92 Å². The van der Waals surface area contributed by atoms with Crippen LogP contribution in [0.2, 0.25) is 5.02 Å². The van der Waals surface area contributed by atoms with Crippen molar-refractivity contribution >= 4 is 21.6 Å². The molecule has 0 aromatic heterocycles. The van der Waals surface area contributed by atoms with Crippen LogP contribution < -0.4 is 10.0 Å². The maximum Gasteiger partial charge on any atom is 0.241 e. The van der Waals surface area contributed by atoms with Crippen molar-refractivity contribution in [3.8, 4) is 0 Å². The van der Waals surface area contributed by atoms with E-state index < -0.39 is 21.4 Å². The summed E-state index contributed by atoms with van der Waals surface area (Å²) in [5, 5.41) is 2.79. The Morgan fingerprint density at radius 3 is 2.55 bits per heavy atom. The van der Waals surface area contributed by atoms with Gasteiger partial charge in [-0.1, -0.05) is 11.6 Å². The minimum atomic E-state index is -3.74. The SMILES string of the molecule is CNCc1cc(S(=O)(=O)NC2(C)CCC2)cc(F)c1Cl. The molecule has 2 N–H and O–H groups in total. The molecule has 2 rings (SSSR count). The number of rotatable bonds is 5. The lowest BCUT2D eigenvalue weighted by atomic mass is 9.80. The molecule has 0 radical (unpaired) electrons. The van der Waals surface area contributed by atoms with Crippen LogP contribution in [0.3, 0.4) is 0 Å². The minimum Gasteiger partial charge on any atom is -0.316 e. The molecule has 7 heteroatoms. The highest BCUT2D eigenvalue weighted by molar-refractivity contribution is 7.89. The van der Waals surface area contributed by atoms with Gasteiger partial charge in [-0.2, -0.15) is 0 Å². The summed E-state index contributed by atoms with van der Waals surface area (Å²) in [6.45, 7) is 2.16. The highest BCUT2D eigenvalue weighted by Crippen LogP contribution is 2.33. The van der Waals surface area contributed by atoms with Crippen molar-refractivity contribution in [2.75, 3.05) is 7.05 Å². The van der Waals surface area contributed by atoms with Gasteiger partial charge in [0.1, 0.15) is 5.82 Å². The van der Waals surface area contributed by atoms with Crippen molar-refractivity contribution in [1.29, 1.82) is 0 Å². The molecule has 1 fully saturated rings. The highest BCUT2D eigenvalue weighted by Gasteiger charge is 2.36. The summed E-state index contributed by atoms with van der Waals surface area (Å²) in [5.41, 5.74) is 0.00582. The summed E-state index contributed by atoms with van der Waals surface area (Å²) < 4.78 is 41.1. The van der Waals surface area contributed by atoms with E-state index in [0.29, 0.717) is 12.1 Å². The van der Waals surface area contributed by atoms with Gasteiger partial charge in [0, 0.05) is 12.1 Å². The highest BCUT2D eigenvalue weighted by atomic mass is 35.5. The van der Waals surface area contributed by atoms with Gasteiger partial charge in [-0.15, -0.1) is 0 Å². The molecule has 0 bridgehead atoms. The first-order chi connectivity index (χ1) is 9.27. The average Bonchev–Trinajstić information content (AvgIpc) is 2.32. The Balaban J connectivity index is 2.36. The fraction of sp³-hybridized carbons (Fsp3) is 0.538. The molecular weight excluding hydrogens is 303 g/mol. The second-order valence-corrected chi connectivity index (χ2v) is 7.49. The van der Waals surface area contributed by atoms with Crippen LogP contribution in [0.1, 0.15) is 31.7 Å². The number of sulfonamides is 1. The monoisotopic (exact) mass is 320 g/mol. The minimum absolute atomic E-state index is 0.0480. The zero-order chi connectivity index (χ0) is 15.0. The third kappa shape index (κ3) is 3.14. The molecule has 1 aromatic carbocycles. The average molecular weight is 321 g/mol. The van der Waals surface area contributed by atoms with Crippen LogP contribution in [0.15, 0.2) is 17.0 Å². The molecule has 1 aliphatic carbocycles. The molecule has 1 aliphatic rings. The molecule has 0 amide bonds. The third-order valence-electron chi connectivity index (χ3n) is 3.59. The number of hydrogen-bond acceptors (Lipinski definition) is 3. The maximum atomic E-state index is 13.8. The van der Waals surface area contributed by atoms with Gasteiger partial charge in [0.2, 0.25) is 10.0 Å². The van der Waals surface area contributed by atoms with Gasteiger partial charge in [0.15, 0.2) is 0 Å². The van der Waals surface area contributed by atoms with E-state index in [9.17, 15) is 12.8 Å². The van der Waals surface area contributed by atoms with Crippen LogP contribution in [0, 0.1) is 5.82 Å².